The van der Waals surface area contributed by atoms with Crippen LogP contribution in [0.25, 0.3) is 11.3 Å². The summed E-state index contributed by atoms with van der Waals surface area (Å²) in [5.74, 6) is -1.93. The topological polar surface area (TPSA) is 74.1 Å². The highest BCUT2D eigenvalue weighted by atomic mass is 19.4. The van der Waals surface area contributed by atoms with E-state index in [-0.39, 0.29) is 30.0 Å². The lowest BCUT2D eigenvalue weighted by atomic mass is 9.94. The molecule has 132 valence electrons. The molecule has 3 rings (SSSR count). The fourth-order valence-electron chi connectivity index (χ4n) is 2.70. The average Bonchev–Trinajstić information content (AvgIpc) is 3.00. The second kappa shape index (κ2) is 6.30. The maximum Gasteiger partial charge on any atom is 0.433 e. The lowest BCUT2D eigenvalue weighted by Gasteiger charge is -2.20. The number of halogens is 3. The molecule has 2 aromatic rings. The number of esters is 1. The first-order valence-electron chi connectivity index (χ1n) is 7.63. The van der Waals surface area contributed by atoms with Gasteiger partial charge >= 0.3 is 12.1 Å². The fourth-order valence-corrected chi connectivity index (χ4v) is 2.70. The Bertz CT molecular complexity index is 830. The van der Waals surface area contributed by atoms with Crippen LogP contribution in [0.2, 0.25) is 0 Å². The van der Waals surface area contributed by atoms with Crippen molar-refractivity contribution in [1.82, 2.24) is 14.8 Å². The maximum absolute atomic E-state index is 12.8. The molecule has 1 unspecified atom stereocenters. The highest BCUT2D eigenvalue weighted by Gasteiger charge is 2.36. The molecule has 0 amide bonds. The van der Waals surface area contributed by atoms with E-state index < -0.39 is 29.5 Å². The van der Waals surface area contributed by atoms with Crippen LogP contribution in [0.3, 0.4) is 0 Å². The Balaban J connectivity index is 1.93. The molecule has 0 saturated heterocycles. The number of hydrogen-bond donors (Lipinski definition) is 0. The number of alkyl halides is 3. The van der Waals surface area contributed by atoms with Crippen molar-refractivity contribution in [3.63, 3.8) is 0 Å². The van der Waals surface area contributed by atoms with Crippen LogP contribution >= 0.6 is 0 Å². The molecule has 25 heavy (non-hydrogen) atoms. The van der Waals surface area contributed by atoms with E-state index in [1.54, 1.807) is 6.92 Å². The molecule has 0 fully saturated rings. The highest BCUT2D eigenvalue weighted by Crippen LogP contribution is 2.31. The molecule has 1 aliphatic heterocycles. The van der Waals surface area contributed by atoms with E-state index in [0.717, 1.165) is 12.3 Å². The van der Waals surface area contributed by atoms with Gasteiger partial charge in [0.25, 0.3) is 0 Å². The zero-order chi connectivity index (χ0) is 18.2. The van der Waals surface area contributed by atoms with Crippen molar-refractivity contribution in [3.05, 3.63) is 35.8 Å². The van der Waals surface area contributed by atoms with Gasteiger partial charge in [-0.25, -0.2) is 0 Å². The van der Waals surface area contributed by atoms with Crippen molar-refractivity contribution < 1.29 is 27.5 Å². The number of Topliss-reactive ketones (excluding diaryl/α,β-unsaturated/α-hetero) is 1. The third-order valence-electron chi connectivity index (χ3n) is 3.90. The molecule has 0 N–H and O–H groups in total. The van der Waals surface area contributed by atoms with Crippen molar-refractivity contribution in [2.24, 2.45) is 5.92 Å². The van der Waals surface area contributed by atoms with Gasteiger partial charge in [-0.1, -0.05) is 0 Å². The Morgan fingerprint density at radius 2 is 2.16 bits per heavy atom. The number of carbonyl (C=O) groups excluding carboxylic acids is 2. The molecule has 0 radical (unpaired) electrons. The van der Waals surface area contributed by atoms with Crippen LogP contribution in [0.1, 0.15) is 29.5 Å². The summed E-state index contributed by atoms with van der Waals surface area (Å²) in [6.07, 6.45) is -3.28. The lowest BCUT2D eigenvalue weighted by Crippen LogP contribution is -2.33. The number of rotatable bonds is 3. The number of aromatic nitrogens is 3. The quantitative estimate of drug-likeness (QED) is 0.627. The number of ether oxygens (including phenoxy) is 1. The van der Waals surface area contributed by atoms with Gasteiger partial charge in [0.2, 0.25) is 0 Å². The van der Waals surface area contributed by atoms with Gasteiger partial charge in [0, 0.05) is 18.3 Å². The second-order valence-electron chi connectivity index (χ2n) is 5.52. The van der Waals surface area contributed by atoms with Crippen LogP contribution in [-0.4, -0.2) is 33.1 Å². The first-order chi connectivity index (χ1) is 11.8. The molecule has 9 heteroatoms. The van der Waals surface area contributed by atoms with Gasteiger partial charge < -0.3 is 4.74 Å². The standard InChI is InChI=1S/C16H14F3N3O3/c1-2-25-15(24)10-4-6-22-12(14(10)23)8-11(21-22)9-3-5-20-13(7-9)16(17,18)19/h3,5,7-8,10H,2,4,6H2,1H3. The molecule has 0 spiro atoms. The molecule has 0 aromatic carbocycles. The van der Waals surface area contributed by atoms with E-state index in [1.165, 1.54) is 16.8 Å². The molecule has 3 heterocycles. The van der Waals surface area contributed by atoms with Crippen LogP contribution < -0.4 is 0 Å². The Morgan fingerprint density at radius 3 is 2.84 bits per heavy atom. The lowest BCUT2D eigenvalue weighted by molar-refractivity contribution is -0.146. The highest BCUT2D eigenvalue weighted by molar-refractivity contribution is 6.08. The van der Waals surface area contributed by atoms with Gasteiger partial charge in [-0.2, -0.15) is 18.3 Å². The summed E-state index contributed by atoms with van der Waals surface area (Å²) in [6, 6.07) is 3.65. The number of fused-ring (bicyclic) bond motifs is 1. The van der Waals surface area contributed by atoms with Crippen molar-refractivity contribution >= 4 is 11.8 Å². The minimum absolute atomic E-state index is 0.171. The van der Waals surface area contributed by atoms with Gasteiger partial charge in [-0.05, 0) is 31.5 Å². The summed E-state index contributed by atoms with van der Waals surface area (Å²) in [7, 11) is 0. The average molecular weight is 353 g/mol. The van der Waals surface area contributed by atoms with Crippen molar-refractivity contribution in [1.29, 1.82) is 0 Å². The second-order valence-corrected chi connectivity index (χ2v) is 5.52. The van der Waals surface area contributed by atoms with Crippen molar-refractivity contribution in [2.75, 3.05) is 6.61 Å². The largest absolute Gasteiger partial charge is 0.465 e. The zero-order valence-corrected chi connectivity index (χ0v) is 13.2. The van der Waals surface area contributed by atoms with E-state index in [9.17, 15) is 22.8 Å². The third kappa shape index (κ3) is 3.26. The maximum atomic E-state index is 12.8. The predicted octanol–water partition coefficient (Wildman–Crippen LogP) is 2.73. The Kier molecular flexibility index (Phi) is 4.32. The summed E-state index contributed by atoms with van der Waals surface area (Å²) in [4.78, 5) is 27.6. The number of ketones is 1. The van der Waals surface area contributed by atoms with Gasteiger partial charge in [0.05, 0.1) is 12.3 Å². The summed E-state index contributed by atoms with van der Waals surface area (Å²) < 4.78 is 44.7. The molecule has 1 aliphatic rings. The number of aryl methyl sites for hydroxylation is 1. The SMILES string of the molecule is CCOC(=O)C1CCn2nc(-c3ccnc(C(F)(F)F)c3)cc2C1=O. The van der Waals surface area contributed by atoms with Gasteiger partial charge in [0.1, 0.15) is 17.3 Å². The van der Waals surface area contributed by atoms with Crippen LogP contribution in [0, 0.1) is 5.92 Å². The van der Waals surface area contributed by atoms with Crippen molar-refractivity contribution in [3.8, 4) is 11.3 Å². The summed E-state index contributed by atoms with van der Waals surface area (Å²) in [6.45, 7) is 2.13. The summed E-state index contributed by atoms with van der Waals surface area (Å²) in [5.41, 5.74) is -0.429. The monoisotopic (exact) mass is 353 g/mol. The summed E-state index contributed by atoms with van der Waals surface area (Å²) >= 11 is 0. The first-order valence-corrected chi connectivity index (χ1v) is 7.63. The Labute approximate surface area is 140 Å². The van der Waals surface area contributed by atoms with E-state index in [4.69, 9.17) is 4.74 Å². The van der Waals surface area contributed by atoms with Gasteiger partial charge in [-0.3, -0.25) is 19.3 Å². The molecular weight excluding hydrogens is 339 g/mol. The van der Waals surface area contributed by atoms with Gasteiger partial charge in [0.15, 0.2) is 5.78 Å². The molecule has 2 aromatic heterocycles. The number of nitrogens with zero attached hydrogens (tertiary/aromatic N) is 3. The predicted molar refractivity (Wildman–Crippen MR) is 79.5 cm³/mol. The van der Waals surface area contributed by atoms with Crippen molar-refractivity contribution in [2.45, 2.75) is 26.1 Å². The number of carbonyl (C=O) groups is 2. The van der Waals surface area contributed by atoms with E-state index in [0.29, 0.717) is 6.54 Å². The molecular formula is C16H14F3N3O3. The molecule has 0 aliphatic carbocycles. The Hall–Kier alpha value is -2.71. The minimum atomic E-state index is -4.57. The van der Waals surface area contributed by atoms with Gasteiger partial charge in [-0.15, -0.1) is 0 Å². The minimum Gasteiger partial charge on any atom is -0.465 e. The fraction of sp³-hybridized carbons (Fsp3) is 0.375. The molecule has 0 bridgehead atoms. The van der Waals surface area contributed by atoms with Crippen LogP contribution in [0.4, 0.5) is 13.2 Å². The Morgan fingerprint density at radius 1 is 1.40 bits per heavy atom. The van der Waals surface area contributed by atoms with E-state index >= 15 is 0 Å². The molecule has 0 saturated carbocycles. The smallest absolute Gasteiger partial charge is 0.433 e. The van der Waals surface area contributed by atoms with Crippen LogP contribution in [0.5, 0.6) is 0 Å². The van der Waals surface area contributed by atoms with E-state index in [2.05, 4.69) is 10.1 Å². The van der Waals surface area contributed by atoms with Crippen LogP contribution in [0.15, 0.2) is 24.4 Å². The van der Waals surface area contributed by atoms with E-state index in [1.807, 2.05) is 0 Å². The normalized spacial score (nSPS) is 17.3. The third-order valence-corrected chi connectivity index (χ3v) is 3.90. The van der Waals surface area contributed by atoms with Crippen LogP contribution in [-0.2, 0) is 22.3 Å². The molecule has 1 atom stereocenters. The zero-order valence-electron chi connectivity index (χ0n) is 13.2. The first kappa shape index (κ1) is 17.1. The summed E-state index contributed by atoms with van der Waals surface area (Å²) in [5, 5.41) is 4.18. The number of hydrogen-bond acceptors (Lipinski definition) is 5. The molecule has 6 nitrogen and oxygen atoms in total. The number of pyridine rings is 1.